The minimum absolute atomic E-state index is 0.104. The molecule has 0 spiro atoms. The smallest absolute Gasteiger partial charge is 0.354 e. The molecule has 0 N–H and O–H groups in total. The van der Waals surface area contributed by atoms with Crippen LogP contribution in [0.1, 0.15) is 97.0 Å². The molecule has 0 aliphatic heterocycles. The van der Waals surface area contributed by atoms with Crippen LogP contribution in [-0.4, -0.2) is 31.3 Å². The Morgan fingerprint density at radius 1 is 0.660 bits per heavy atom. The molecule has 0 amide bonds. The molecule has 7 nitrogen and oxygen atoms in total. The summed E-state index contributed by atoms with van der Waals surface area (Å²) in [7, 11) is 0. The highest BCUT2D eigenvalue weighted by molar-refractivity contribution is 5.99. The summed E-state index contributed by atoms with van der Waals surface area (Å²) in [6.07, 6.45) is 13.9. The van der Waals surface area contributed by atoms with Gasteiger partial charge in [0, 0.05) is 6.61 Å². The average molecular weight is 640 g/mol. The Labute approximate surface area is 280 Å². The van der Waals surface area contributed by atoms with Crippen molar-refractivity contribution in [2.24, 2.45) is 0 Å². The third kappa shape index (κ3) is 13.9. The molecule has 1 atom stereocenters. The quantitative estimate of drug-likeness (QED) is 0.0376. The Morgan fingerprint density at radius 3 is 1.72 bits per heavy atom. The van der Waals surface area contributed by atoms with Crippen molar-refractivity contribution >= 4 is 18.0 Å². The molecule has 3 aromatic rings. The highest BCUT2D eigenvalue weighted by Gasteiger charge is 2.16. The normalized spacial score (nSPS) is 11.8. The molecule has 0 aromatic heterocycles. The maximum Gasteiger partial charge on any atom is 0.354 e. The predicted octanol–water partition coefficient (Wildman–Crippen LogP) is 9.89. The van der Waals surface area contributed by atoms with Gasteiger partial charge in [-0.15, -0.1) is 0 Å². The first-order valence-corrected chi connectivity index (χ1v) is 17.0. The number of hydrogen-bond donors (Lipinski definition) is 0. The zero-order valence-electron chi connectivity index (χ0n) is 28.2. The summed E-state index contributed by atoms with van der Waals surface area (Å²) in [5.41, 5.74) is 2.38. The predicted molar refractivity (Wildman–Crippen MR) is 186 cm³/mol. The maximum absolute atomic E-state index is 12.7. The van der Waals surface area contributed by atoms with Gasteiger partial charge in [-0.3, -0.25) is 0 Å². The van der Waals surface area contributed by atoms with Crippen molar-refractivity contribution in [3.05, 3.63) is 83.9 Å². The molecule has 0 saturated carbocycles. The monoisotopic (exact) mass is 639 g/mol. The Hall–Kier alpha value is -4.41. The van der Waals surface area contributed by atoms with E-state index in [1.54, 1.807) is 31.2 Å². The van der Waals surface area contributed by atoms with Crippen LogP contribution in [0.2, 0.25) is 0 Å². The van der Waals surface area contributed by atoms with Gasteiger partial charge in [0.1, 0.15) is 28.9 Å². The van der Waals surface area contributed by atoms with Gasteiger partial charge < -0.3 is 18.9 Å². The fraction of sp³-hybridized carbons (Fsp3) is 0.425. The second-order valence-corrected chi connectivity index (χ2v) is 11.6. The fourth-order valence-electron chi connectivity index (χ4n) is 4.86. The molecular weight excluding hydrogens is 590 g/mol. The molecule has 47 heavy (non-hydrogen) atoms. The number of benzene rings is 3. The van der Waals surface area contributed by atoms with Gasteiger partial charge in [-0.2, -0.15) is 5.26 Å². The maximum atomic E-state index is 12.7. The number of hydrogen-bond acceptors (Lipinski definition) is 7. The highest BCUT2D eigenvalue weighted by atomic mass is 16.6. The van der Waals surface area contributed by atoms with Crippen LogP contribution >= 0.6 is 0 Å². The Kier molecular flexibility index (Phi) is 16.9. The van der Waals surface area contributed by atoms with Gasteiger partial charge in [-0.05, 0) is 78.9 Å². The summed E-state index contributed by atoms with van der Waals surface area (Å²) in [5, 5.41) is 9.61. The molecule has 0 radical (unpaired) electrons. The van der Waals surface area contributed by atoms with Crippen molar-refractivity contribution in [1.82, 2.24) is 0 Å². The first-order chi connectivity index (χ1) is 22.9. The zero-order chi connectivity index (χ0) is 33.7. The first kappa shape index (κ1) is 37.1. The van der Waals surface area contributed by atoms with Crippen LogP contribution < -0.4 is 14.2 Å². The fourth-order valence-corrected chi connectivity index (χ4v) is 4.86. The second-order valence-electron chi connectivity index (χ2n) is 11.6. The molecule has 1 unspecified atom stereocenters. The van der Waals surface area contributed by atoms with Crippen molar-refractivity contribution in [1.29, 1.82) is 5.26 Å². The SMILES string of the molecule is CCCCCCCCCCOc1ccc(/C=C(\C#N)C(=O)Oc2ccc(-c3ccc(OC(=O)C(C)OCCCCC)cc3)cc2)cc1. The molecule has 0 aliphatic rings. The minimum Gasteiger partial charge on any atom is -0.494 e. The van der Waals surface area contributed by atoms with Crippen LogP contribution in [0.4, 0.5) is 0 Å². The molecule has 0 bridgehead atoms. The van der Waals surface area contributed by atoms with Crippen molar-refractivity contribution in [3.63, 3.8) is 0 Å². The van der Waals surface area contributed by atoms with E-state index in [1.165, 1.54) is 51.0 Å². The number of nitrogens with zero attached hydrogens (tertiary/aromatic N) is 1. The van der Waals surface area contributed by atoms with E-state index in [-0.39, 0.29) is 5.57 Å². The van der Waals surface area contributed by atoms with Crippen LogP contribution in [0.15, 0.2) is 78.4 Å². The lowest BCUT2D eigenvalue weighted by Crippen LogP contribution is -2.26. The number of ether oxygens (including phenoxy) is 4. The van der Waals surface area contributed by atoms with E-state index in [1.807, 2.05) is 54.6 Å². The lowest BCUT2D eigenvalue weighted by Gasteiger charge is -2.12. The molecule has 0 saturated heterocycles. The van der Waals surface area contributed by atoms with E-state index in [9.17, 15) is 14.9 Å². The summed E-state index contributed by atoms with van der Waals surface area (Å²) < 4.78 is 22.3. The third-order valence-electron chi connectivity index (χ3n) is 7.72. The van der Waals surface area contributed by atoms with Crippen molar-refractivity contribution in [2.45, 2.75) is 97.5 Å². The molecule has 250 valence electrons. The molecule has 0 aliphatic carbocycles. The molecule has 3 aromatic carbocycles. The summed E-state index contributed by atoms with van der Waals surface area (Å²) in [4.78, 5) is 25.1. The number of carbonyl (C=O) groups excluding carboxylic acids is 2. The summed E-state index contributed by atoms with van der Waals surface area (Å²) in [6, 6.07) is 23.4. The van der Waals surface area contributed by atoms with Gasteiger partial charge in [0.05, 0.1) is 6.61 Å². The standard InChI is InChI=1S/C40H49NO6/c1-4-6-8-9-10-11-12-14-28-45-36-21-15-32(16-22-36)29-35(30-41)40(43)47-38-25-19-34(20-26-38)33-17-23-37(24-18-33)46-39(42)31(3)44-27-13-7-5-2/h15-26,29,31H,4-14,27-28H2,1-3H3/b35-29+. The van der Waals surface area contributed by atoms with E-state index in [0.29, 0.717) is 30.3 Å². The van der Waals surface area contributed by atoms with Crippen molar-refractivity contribution in [3.8, 4) is 34.4 Å². The van der Waals surface area contributed by atoms with Gasteiger partial charge in [0.15, 0.2) is 6.10 Å². The summed E-state index contributed by atoms with van der Waals surface area (Å²) >= 11 is 0. The minimum atomic E-state index is -0.731. The average Bonchev–Trinajstić information content (AvgIpc) is 3.09. The third-order valence-corrected chi connectivity index (χ3v) is 7.72. The van der Waals surface area contributed by atoms with Crippen LogP contribution in [0.25, 0.3) is 17.2 Å². The number of carbonyl (C=O) groups is 2. The van der Waals surface area contributed by atoms with E-state index < -0.39 is 18.0 Å². The Bertz CT molecular complexity index is 1420. The van der Waals surface area contributed by atoms with E-state index in [4.69, 9.17) is 18.9 Å². The van der Waals surface area contributed by atoms with Gasteiger partial charge in [0.2, 0.25) is 0 Å². The van der Waals surface area contributed by atoms with Crippen molar-refractivity contribution in [2.75, 3.05) is 13.2 Å². The van der Waals surface area contributed by atoms with Crippen LogP contribution in [0, 0.1) is 11.3 Å². The molecule has 0 fully saturated rings. The second kappa shape index (κ2) is 21.4. The van der Waals surface area contributed by atoms with Crippen LogP contribution in [0.3, 0.4) is 0 Å². The van der Waals surface area contributed by atoms with Gasteiger partial charge in [-0.25, -0.2) is 9.59 Å². The summed E-state index contributed by atoms with van der Waals surface area (Å²) in [5.74, 6) is 0.360. The lowest BCUT2D eigenvalue weighted by atomic mass is 10.1. The molecule has 3 rings (SSSR count). The van der Waals surface area contributed by atoms with Gasteiger partial charge in [0.25, 0.3) is 0 Å². The molecular formula is C40H49NO6. The highest BCUT2D eigenvalue weighted by Crippen LogP contribution is 2.26. The molecule has 0 heterocycles. The van der Waals surface area contributed by atoms with E-state index in [0.717, 1.165) is 42.6 Å². The van der Waals surface area contributed by atoms with Gasteiger partial charge >= 0.3 is 11.9 Å². The Morgan fingerprint density at radius 2 is 1.15 bits per heavy atom. The zero-order valence-corrected chi connectivity index (χ0v) is 28.2. The first-order valence-electron chi connectivity index (χ1n) is 17.0. The van der Waals surface area contributed by atoms with Crippen LogP contribution in [-0.2, 0) is 14.3 Å². The van der Waals surface area contributed by atoms with Crippen molar-refractivity contribution < 1.29 is 28.5 Å². The molecule has 7 heteroatoms. The van der Waals surface area contributed by atoms with E-state index >= 15 is 0 Å². The number of unbranched alkanes of at least 4 members (excludes halogenated alkanes) is 9. The Balaban J connectivity index is 1.45. The van der Waals surface area contributed by atoms with Gasteiger partial charge in [-0.1, -0.05) is 108 Å². The lowest BCUT2D eigenvalue weighted by molar-refractivity contribution is -0.146. The number of nitriles is 1. The largest absolute Gasteiger partial charge is 0.494 e. The van der Waals surface area contributed by atoms with E-state index in [2.05, 4.69) is 13.8 Å². The van der Waals surface area contributed by atoms with Crippen LogP contribution in [0.5, 0.6) is 17.2 Å². The number of esters is 2. The number of rotatable bonds is 21. The topological polar surface area (TPSA) is 94.9 Å². The summed E-state index contributed by atoms with van der Waals surface area (Å²) in [6.45, 7) is 7.25.